The number of para-hydroxylation sites is 1. The Bertz CT molecular complexity index is 8720. The zero-order valence-electron chi connectivity index (χ0n) is 78.1. The summed E-state index contributed by atoms with van der Waals surface area (Å²) in [5, 5.41) is 7.38. The van der Waals surface area contributed by atoms with Gasteiger partial charge in [0.15, 0.2) is 11.6 Å². The number of aromatic nitrogens is 7. The molecule has 0 bridgehead atoms. The van der Waals surface area contributed by atoms with Gasteiger partial charge in [-0.1, -0.05) is 413 Å². The van der Waals surface area contributed by atoms with Crippen LogP contribution in [0.4, 0.5) is 0 Å². The number of rotatable bonds is 14. The number of hydrogen-bond acceptors (Lipinski definition) is 4. The molecule has 3 unspecified atom stereocenters. The minimum atomic E-state index is 0.100. The first-order chi connectivity index (χ1) is 68.6. The van der Waals surface area contributed by atoms with Gasteiger partial charge in [-0.25, -0.2) is 19.9 Å². The van der Waals surface area contributed by atoms with E-state index in [1.165, 1.54) is 182 Å². The van der Waals surface area contributed by atoms with Crippen molar-refractivity contribution in [2.75, 3.05) is 0 Å². The molecule has 7 heteroatoms. The average molecular weight is 1780 g/mol. The summed E-state index contributed by atoms with van der Waals surface area (Å²) in [6, 6.07) is 165. The lowest BCUT2D eigenvalue weighted by Crippen LogP contribution is -2.08. The maximum Gasteiger partial charge on any atom is 0.162 e. The lowest BCUT2D eigenvalue weighted by molar-refractivity contribution is 0.937. The lowest BCUT2D eigenvalue weighted by atomic mass is 9.78. The molecule has 0 radical (unpaired) electrons. The Kier molecular flexibility index (Phi) is 21.0. The van der Waals surface area contributed by atoms with Crippen molar-refractivity contribution in [3.63, 3.8) is 0 Å². The minimum Gasteiger partial charge on any atom is -0.307 e. The summed E-state index contributed by atoms with van der Waals surface area (Å²) in [5.41, 5.74) is 46.1. The van der Waals surface area contributed by atoms with E-state index >= 15 is 0 Å². The van der Waals surface area contributed by atoms with Crippen LogP contribution in [0.2, 0.25) is 0 Å². The van der Waals surface area contributed by atoms with E-state index in [0.29, 0.717) is 5.82 Å². The third-order valence-electron chi connectivity index (χ3n) is 29.0. The SMILES string of the molecule is CCc1ccc2c(c1)-c1ccc3c4cc(CC)ccc4n(-c4cc(-c5ccccc5)nc(-c5ccccc5)n4)c3c1C2c1ccccc1.Cc1cc2c(c3c1-c1ccccc1C3c1cc(-c3ccccc3)cc(-c3ccccc3)c1)C(c1ccccc1)c1ccccc1-2.Cc1ccc2c(c1)c1ccc3c4cc(C)ccc4n(-c4cc(-c5ccccc5)nc(-c5ccccc5)n4)c3c1n2-c1ccccc1. The van der Waals surface area contributed by atoms with Gasteiger partial charge in [-0.3, -0.25) is 9.13 Å². The van der Waals surface area contributed by atoms with Crippen LogP contribution in [-0.4, -0.2) is 33.6 Å². The van der Waals surface area contributed by atoms with Gasteiger partial charge >= 0.3 is 0 Å². The van der Waals surface area contributed by atoms with Gasteiger partial charge in [0, 0.05) is 90.1 Å². The van der Waals surface area contributed by atoms with Crippen LogP contribution in [0.15, 0.2) is 455 Å². The second kappa shape index (κ2) is 34.9. The summed E-state index contributed by atoms with van der Waals surface area (Å²) in [6.07, 6.45) is 1.99. The summed E-state index contributed by atoms with van der Waals surface area (Å²) in [7, 11) is 0. The second-order valence-electron chi connectivity index (χ2n) is 37.3. The van der Waals surface area contributed by atoms with E-state index in [1.807, 2.05) is 30.3 Å². The zero-order valence-corrected chi connectivity index (χ0v) is 78.1. The number of benzene rings is 19. The van der Waals surface area contributed by atoms with Crippen molar-refractivity contribution in [1.82, 2.24) is 33.6 Å². The van der Waals surface area contributed by atoms with E-state index in [1.54, 1.807) is 0 Å². The van der Waals surface area contributed by atoms with Crippen LogP contribution in [0.3, 0.4) is 0 Å². The van der Waals surface area contributed by atoms with E-state index < -0.39 is 0 Å². The standard InChI is InChI=1S/C45H35N3.C45H32.C42H30N4/c1-3-29-20-22-34-37(26-29)35-23-24-36-38-27-30(4-2)21-25-40(38)48(44(36)43(35)42(34)32-16-10-6-11-17-32)41-28-39(31-14-8-5-9-15-31)46-45(47-41)33-18-12-7-13-19-33;1-29-25-40-36-21-11-12-22-37(36)42(32-19-9-4-10-20-32)44(40)45-41(29)38-23-13-14-24-39(38)43(45)35-27-33(30-15-5-2-6-16-30)26-34(28-35)31-17-7-3-8-18-31;1-27-18-22-37-34(24-27)32-20-21-33-35-25-28(2)19-23-38(35)46(41(33)40(32)45(37)31-16-10-5-11-17-31)39-26-36(29-12-6-3-7-13-29)43-42(44-39)30-14-8-4-9-15-30/h5-28,42H,3-4H2,1-2H3;2-28,42-43H,1H3;3-26H,1-2H3. The molecular formula is C132H97N7. The smallest absolute Gasteiger partial charge is 0.162 e. The first-order valence-electron chi connectivity index (χ1n) is 48.6. The predicted molar refractivity (Wildman–Crippen MR) is 578 cm³/mol. The van der Waals surface area contributed by atoms with Gasteiger partial charge in [0.05, 0.1) is 44.5 Å². The second-order valence-corrected chi connectivity index (χ2v) is 37.3. The number of aryl methyl sites for hydroxylation is 5. The average Bonchev–Trinajstić information content (AvgIpc) is 1.57. The molecule has 0 aliphatic heterocycles. The van der Waals surface area contributed by atoms with Crippen molar-refractivity contribution in [1.29, 1.82) is 0 Å². The van der Waals surface area contributed by atoms with Crippen LogP contribution in [0.25, 0.3) is 184 Å². The Morgan fingerprint density at radius 2 is 0.619 bits per heavy atom. The Morgan fingerprint density at radius 3 is 1.14 bits per heavy atom. The molecule has 3 atom stereocenters. The van der Waals surface area contributed by atoms with Crippen molar-refractivity contribution in [3.05, 3.63) is 533 Å². The van der Waals surface area contributed by atoms with Crippen LogP contribution in [-0.2, 0) is 12.8 Å². The third kappa shape index (κ3) is 14.5. The fourth-order valence-corrected chi connectivity index (χ4v) is 22.7. The van der Waals surface area contributed by atoms with Gasteiger partial charge in [0.2, 0.25) is 0 Å². The molecule has 3 aliphatic rings. The first-order valence-corrected chi connectivity index (χ1v) is 48.6. The van der Waals surface area contributed by atoms with Gasteiger partial charge in [0.25, 0.3) is 0 Å². The number of hydrogen-bond donors (Lipinski definition) is 0. The van der Waals surface area contributed by atoms with Crippen molar-refractivity contribution >= 4 is 65.4 Å². The van der Waals surface area contributed by atoms with Crippen molar-refractivity contribution < 1.29 is 0 Å². The highest BCUT2D eigenvalue weighted by Crippen LogP contribution is 2.61. The summed E-state index contributed by atoms with van der Waals surface area (Å²) in [5.74, 6) is 3.54. The van der Waals surface area contributed by atoms with Crippen LogP contribution < -0.4 is 0 Å². The van der Waals surface area contributed by atoms with E-state index in [2.05, 4.69) is 473 Å². The molecule has 0 saturated carbocycles. The molecule has 7 nitrogen and oxygen atoms in total. The predicted octanol–water partition coefficient (Wildman–Crippen LogP) is 33.5. The van der Waals surface area contributed by atoms with Gasteiger partial charge in [0.1, 0.15) is 11.6 Å². The summed E-state index contributed by atoms with van der Waals surface area (Å²) in [4.78, 5) is 20.9. The Balaban J connectivity index is 0.000000110. The van der Waals surface area contributed by atoms with Gasteiger partial charge in [-0.2, -0.15) is 0 Å². The molecule has 19 aromatic carbocycles. The topological polar surface area (TPSA) is 66.3 Å². The highest BCUT2D eigenvalue weighted by atomic mass is 15.1. The van der Waals surface area contributed by atoms with E-state index in [9.17, 15) is 0 Å². The Morgan fingerprint density at radius 1 is 0.230 bits per heavy atom. The van der Waals surface area contributed by atoms with Crippen LogP contribution >= 0.6 is 0 Å². The van der Waals surface area contributed by atoms with Crippen molar-refractivity contribution in [3.8, 4) is 118 Å². The fraction of sp³-hybridized carbons (Fsp3) is 0.0758. The van der Waals surface area contributed by atoms with E-state index in [0.717, 1.165) is 86.2 Å². The zero-order chi connectivity index (χ0) is 92.9. The normalized spacial score (nSPS) is 13.6. The largest absolute Gasteiger partial charge is 0.307 e. The molecule has 0 spiro atoms. The molecule has 5 aromatic heterocycles. The quantitative estimate of drug-likeness (QED) is 0.109. The Labute approximate surface area is 809 Å². The molecule has 0 N–H and O–H groups in total. The number of fused-ring (bicyclic) bond motifs is 21. The molecular weight excluding hydrogens is 1680 g/mol. The summed E-state index contributed by atoms with van der Waals surface area (Å²) >= 11 is 0. The minimum absolute atomic E-state index is 0.100. The highest BCUT2D eigenvalue weighted by molar-refractivity contribution is 6.24. The van der Waals surface area contributed by atoms with Crippen LogP contribution in [0.1, 0.15) is 109 Å². The molecule has 3 aliphatic carbocycles. The van der Waals surface area contributed by atoms with E-state index in [4.69, 9.17) is 19.9 Å². The summed E-state index contributed by atoms with van der Waals surface area (Å²) in [6.45, 7) is 11.1. The molecule has 5 heterocycles. The van der Waals surface area contributed by atoms with E-state index in [-0.39, 0.29) is 17.8 Å². The first kappa shape index (κ1) is 83.6. The van der Waals surface area contributed by atoms with Crippen LogP contribution in [0.5, 0.6) is 0 Å². The molecule has 27 rings (SSSR count). The molecule has 660 valence electrons. The lowest BCUT2D eigenvalue weighted by Gasteiger charge is -2.24. The Hall–Kier alpha value is -17.3. The molecule has 139 heavy (non-hydrogen) atoms. The molecule has 0 amide bonds. The maximum atomic E-state index is 5.37. The molecule has 0 saturated heterocycles. The maximum absolute atomic E-state index is 5.37. The third-order valence-corrected chi connectivity index (χ3v) is 29.0. The fourth-order valence-electron chi connectivity index (χ4n) is 22.7. The van der Waals surface area contributed by atoms with Gasteiger partial charge < -0.3 is 4.57 Å². The molecule has 24 aromatic rings. The number of nitrogens with zero attached hydrogens (tertiary/aromatic N) is 7. The summed E-state index contributed by atoms with van der Waals surface area (Å²) < 4.78 is 7.20. The van der Waals surface area contributed by atoms with Crippen molar-refractivity contribution in [2.24, 2.45) is 0 Å². The van der Waals surface area contributed by atoms with Crippen molar-refractivity contribution in [2.45, 2.75) is 65.2 Å². The van der Waals surface area contributed by atoms with Crippen LogP contribution in [0, 0.1) is 20.8 Å². The molecule has 0 fully saturated rings. The van der Waals surface area contributed by atoms with Gasteiger partial charge in [-0.05, 0) is 211 Å². The monoisotopic (exact) mass is 1780 g/mol. The van der Waals surface area contributed by atoms with Gasteiger partial charge in [-0.15, -0.1) is 0 Å². The highest BCUT2D eigenvalue weighted by Gasteiger charge is 2.42.